The summed E-state index contributed by atoms with van der Waals surface area (Å²) in [5.74, 6) is 0.351. The van der Waals surface area contributed by atoms with E-state index in [4.69, 9.17) is 4.74 Å². The molecule has 4 rings (SSSR count). The fraction of sp³-hybridized carbons (Fsp3) is 0.529. The molecule has 2 aliphatic rings. The number of nitrogens with zero attached hydrogens (tertiary/aromatic N) is 2. The first-order chi connectivity index (χ1) is 10.5. The van der Waals surface area contributed by atoms with Gasteiger partial charge in [0.05, 0.1) is 6.10 Å². The van der Waals surface area contributed by atoms with Crippen molar-refractivity contribution in [2.24, 2.45) is 11.3 Å². The minimum Gasteiger partial charge on any atom is -0.377 e. The molecule has 1 N–H and O–H groups in total. The van der Waals surface area contributed by atoms with Crippen molar-refractivity contribution in [3.8, 4) is 0 Å². The topological polar surface area (TPSA) is 55.6 Å². The fourth-order valence-electron chi connectivity index (χ4n) is 4.09. The van der Waals surface area contributed by atoms with E-state index in [9.17, 15) is 4.79 Å². The van der Waals surface area contributed by atoms with Gasteiger partial charge >= 0.3 is 0 Å². The highest BCUT2D eigenvalue weighted by molar-refractivity contribution is 5.93. The van der Waals surface area contributed by atoms with E-state index in [0.29, 0.717) is 11.6 Å². The molecule has 0 unspecified atom stereocenters. The van der Waals surface area contributed by atoms with E-state index in [1.165, 1.54) is 0 Å². The van der Waals surface area contributed by atoms with Crippen LogP contribution < -0.4 is 5.32 Å². The molecule has 2 aromatic heterocycles. The first-order valence-corrected chi connectivity index (χ1v) is 7.85. The number of aryl methyl sites for hydroxylation is 1. The summed E-state index contributed by atoms with van der Waals surface area (Å²) >= 11 is 0. The second kappa shape index (κ2) is 4.56. The van der Waals surface area contributed by atoms with Crippen molar-refractivity contribution in [2.75, 3.05) is 6.61 Å². The van der Waals surface area contributed by atoms with Crippen LogP contribution in [0.25, 0.3) is 5.65 Å². The van der Waals surface area contributed by atoms with Crippen molar-refractivity contribution in [3.63, 3.8) is 0 Å². The second-order valence-electron chi connectivity index (χ2n) is 7.04. The molecule has 1 saturated carbocycles. The standard InChI is InChI=1S/C17H21N3O2/c1-10-5-4-6-13-18-12(9-20(10)13)16(21)19-14-11-7-8-22-15(11)17(14,2)3/h4-6,9,11,14-15H,7-8H2,1-3H3,(H,19,21)/t11-,14-,15-/m1/s1. The van der Waals surface area contributed by atoms with Gasteiger partial charge in [-0.3, -0.25) is 4.79 Å². The van der Waals surface area contributed by atoms with Gasteiger partial charge in [-0.15, -0.1) is 0 Å². The Kier molecular flexibility index (Phi) is 2.85. The van der Waals surface area contributed by atoms with Crippen molar-refractivity contribution in [1.82, 2.24) is 14.7 Å². The number of carbonyl (C=O) groups excluding carboxylic acids is 1. The Morgan fingerprint density at radius 2 is 2.27 bits per heavy atom. The first-order valence-electron chi connectivity index (χ1n) is 7.85. The van der Waals surface area contributed by atoms with Crippen LogP contribution in [0.3, 0.4) is 0 Å². The van der Waals surface area contributed by atoms with Gasteiger partial charge < -0.3 is 14.5 Å². The highest BCUT2D eigenvalue weighted by Crippen LogP contribution is 2.52. The third-order valence-corrected chi connectivity index (χ3v) is 5.32. The molecule has 0 radical (unpaired) electrons. The summed E-state index contributed by atoms with van der Waals surface area (Å²) in [5.41, 5.74) is 2.34. The normalized spacial score (nSPS) is 29.1. The third-order valence-electron chi connectivity index (χ3n) is 5.32. The largest absolute Gasteiger partial charge is 0.377 e. The number of hydrogen-bond donors (Lipinski definition) is 1. The van der Waals surface area contributed by atoms with Crippen LogP contribution in [-0.4, -0.2) is 34.0 Å². The van der Waals surface area contributed by atoms with E-state index in [2.05, 4.69) is 24.1 Å². The zero-order chi connectivity index (χ0) is 15.5. The van der Waals surface area contributed by atoms with E-state index in [0.717, 1.165) is 24.4 Å². The summed E-state index contributed by atoms with van der Waals surface area (Å²) in [7, 11) is 0. The third kappa shape index (κ3) is 1.81. The van der Waals surface area contributed by atoms with Crippen LogP contribution in [0.15, 0.2) is 24.4 Å². The van der Waals surface area contributed by atoms with E-state index in [1.54, 1.807) is 0 Å². The summed E-state index contributed by atoms with van der Waals surface area (Å²) in [6.07, 6.45) is 3.12. The molecule has 2 fully saturated rings. The lowest BCUT2D eigenvalue weighted by molar-refractivity contribution is -0.108. The van der Waals surface area contributed by atoms with Crippen molar-refractivity contribution >= 4 is 11.6 Å². The van der Waals surface area contributed by atoms with E-state index in [-0.39, 0.29) is 23.5 Å². The van der Waals surface area contributed by atoms with Gasteiger partial charge in [0.15, 0.2) is 0 Å². The molecule has 3 atom stereocenters. The molecular weight excluding hydrogens is 278 g/mol. The van der Waals surface area contributed by atoms with Crippen molar-refractivity contribution in [1.29, 1.82) is 0 Å². The molecule has 0 spiro atoms. The molecule has 1 aliphatic carbocycles. The molecule has 5 nitrogen and oxygen atoms in total. The summed E-state index contributed by atoms with van der Waals surface area (Å²) in [6.45, 7) is 7.14. The Labute approximate surface area is 129 Å². The number of hydrogen-bond acceptors (Lipinski definition) is 3. The van der Waals surface area contributed by atoms with E-state index in [1.807, 2.05) is 35.7 Å². The van der Waals surface area contributed by atoms with Crippen molar-refractivity contribution in [3.05, 3.63) is 35.8 Å². The van der Waals surface area contributed by atoms with Gasteiger partial charge in [0.2, 0.25) is 0 Å². The number of pyridine rings is 1. The Hall–Kier alpha value is -1.88. The number of ether oxygens (including phenoxy) is 1. The maximum Gasteiger partial charge on any atom is 0.271 e. The smallest absolute Gasteiger partial charge is 0.271 e. The zero-order valence-electron chi connectivity index (χ0n) is 13.2. The highest BCUT2D eigenvalue weighted by atomic mass is 16.5. The lowest BCUT2D eigenvalue weighted by atomic mass is 9.57. The van der Waals surface area contributed by atoms with Gasteiger partial charge in [-0.25, -0.2) is 4.98 Å². The predicted octanol–water partition coefficient (Wildman–Crippen LogP) is 2.19. The van der Waals surface area contributed by atoms with Gasteiger partial charge in [-0.2, -0.15) is 0 Å². The minimum absolute atomic E-state index is 0.00803. The van der Waals surface area contributed by atoms with Gasteiger partial charge in [-0.05, 0) is 25.5 Å². The number of amides is 1. The molecule has 1 amide bonds. The van der Waals surface area contributed by atoms with Crippen LogP contribution in [0.4, 0.5) is 0 Å². The molecule has 3 heterocycles. The number of imidazole rings is 1. The van der Waals surface area contributed by atoms with Gasteiger partial charge in [-0.1, -0.05) is 19.9 Å². The molecule has 1 saturated heterocycles. The van der Waals surface area contributed by atoms with Crippen LogP contribution in [0.2, 0.25) is 0 Å². The van der Waals surface area contributed by atoms with E-state index >= 15 is 0 Å². The highest BCUT2D eigenvalue weighted by Gasteiger charge is 2.59. The first kappa shape index (κ1) is 13.8. The Morgan fingerprint density at radius 3 is 3.05 bits per heavy atom. The number of fused-ring (bicyclic) bond motifs is 2. The van der Waals surface area contributed by atoms with Crippen LogP contribution in [0.5, 0.6) is 0 Å². The molecule has 1 aliphatic heterocycles. The minimum atomic E-state index is -0.0912. The molecule has 5 heteroatoms. The summed E-state index contributed by atoms with van der Waals surface area (Å²) in [6, 6.07) is 6.04. The molecule has 0 bridgehead atoms. The van der Waals surface area contributed by atoms with Crippen molar-refractivity contribution < 1.29 is 9.53 Å². The molecule has 0 aromatic carbocycles. The number of aromatic nitrogens is 2. The molecule has 2 aromatic rings. The lowest BCUT2D eigenvalue weighted by Crippen LogP contribution is -2.66. The Bertz CT molecular complexity index is 749. The molecule has 116 valence electrons. The van der Waals surface area contributed by atoms with Crippen LogP contribution >= 0.6 is 0 Å². The summed E-state index contributed by atoms with van der Waals surface area (Å²) in [5, 5.41) is 3.18. The maximum atomic E-state index is 12.6. The quantitative estimate of drug-likeness (QED) is 0.925. The van der Waals surface area contributed by atoms with E-state index < -0.39 is 0 Å². The monoisotopic (exact) mass is 299 g/mol. The summed E-state index contributed by atoms with van der Waals surface area (Å²) in [4.78, 5) is 17.0. The zero-order valence-corrected chi connectivity index (χ0v) is 13.2. The number of carbonyl (C=O) groups is 1. The van der Waals surface area contributed by atoms with Crippen LogP contribution in [0, 0.1) is 18.3 Å². The fourth-order valence-corrected chi connectivity index (χ4v) is 4.09. The van der Waals surface area contributed by atoms with Gasteiger partial charge in [0, 0.05) is 35.9 Å². The Balaban J connectivity index is 1.58. The van der Waals surface area contributed by atoms with Gasteiger partial charge in [0.25, 0.3) is 5.91 Å². The van der Waals surface area contributed by atoms with Crippen molar-refractivity contribution in [2.45, 2.75) is 39.3 Å². The number of nitrogens with one attached hydrogen (secondary N) is 1. The van der Waals surface area contributed by atoms with Crippen LogP contribution in [0.1, 0.15) is 36.5 Å². The lowest BCUT2D eigenvalue weighted by Gasteiger charge is -2.54. The average Bonchev–Trinajstić information content (AvgIpc) is 3.10. The maximum absolute atomic E-state index is 12.6. The summed E-state index contributed by atoms with van der Waals surface area (Å²) < 4.78 is 7.72. The predicted molar refractivity (Wildman–Crippen MR) is 82.8 cm³/mol. The Morgan fingerprint density at radius 1 is 1.45 bits per heavy atom. The SMILES string of the molecule is Cc1cccc2nc(C(=O)N[C@@H]3[C@H]4CCO[C@H]4C3(C)C)cn12. The number of rotatable bonds is 2. The van der Waals surface area contributed by atoms with Gasteiger partial charge in [0.1, 0.15) is 11.3 Å². The molecular formula is C17H21N3O2. The molecule has 22 heavy (non-hydrogen) atoms. The van der Waals surface area contributed by atoms with Crippen LogP contribution in [-0.2, 0) is 4.74 Å². The second-order valence-corrected chi connectivity index (χ2v) is 7.04. The average molecular weight is 299 g/mol.